The van der Waals surface area contributed by atoms with Crippen molar-refractivity contribution in [2.45, 2.75) is 26.4 Å². The summed E-state index contributed by atoms with van der Waals surface area (Å²) in [5.41, 5.74) is 2.09. The molecule has 0 saturated carbocycles. The largest absolute Gasteiger partial charge is 0.493 e. The number of aromatic nitrogens is 2. The average Bonchev–Trinajstić information content (AvgIpc) is 3.01. The van der Waals surface area contributed by atoms with Crippen molar-refractivity contribution in [3.05, 3.63) is 46.9 Å². The summed E-state index contributed by atoms with van der Waals surface area (Å²) in [6, 6.07) is 10.9. The lowest BCUT2D eigenvalue weighted by atomic mass is 10.2. The number of nitrogens with zero attached hydrogens (tertiary/aromatic N) is 2. The first-order valence-electron chi connectivity index (χ1n) is 9.31. The number of hydrogen-bond acceptors (Lipinski definition) is 5. The summed E-state index contributed by atoms with van der Waals surface area (Å²) in [4.78, 5) is 25.2. The van der Waals surface area contributed by atoms with Gasteiger partial charge in [0.1, 0.15) is 0 Å². The van der Waals surface area contributed by atoms with Gasteiger partial charge < -0.3 is 19.5 Å². The predicted molar refractivity (Wildman–Crippen MR) is 111 cm³/mol. The van der Waals surface area contributed by atoms with Crippen molar-refractivity contribution in [1.82, 2.24) is 9.13 Å². The van der Waals surface area contributed by atoms with Crippen LogP contribution in [0.2, 0.25) is 0 Å². The normalized spacial score (nSPS) is 10.8. The average molecular weight is 399 g/mol. The van der Waals surface area contributed by atoms with Crippen LogP contribution in [0.15, 0.2) is 41.2 Å². The van der Waals surface area contributed by atoms with Gasteiger partial charge in [-0.3, -0.25) is 13.9 Å². The van der Waals surface area contributed by atoms with Crippen molar-refractivity contribution in [2.75, 3.05) is 26.6 Å². The number of aryl methyl sites for hydroxylation is 2. The van der Waals surface area contributed by atoms with Crippen LogP contribution in [0.4, 0.5) is 5.69 Å². The van der Waals surface area contributed by atoms with E-state index in [1.165, 1.54) is 21.3 Å². The highest BCUT2D eigenvalue weighted by atomic mass is 16.5. The number of nitrogens with one attached hydrogen (secondary N) is 1. The van der Waals surface area contributed by atoms with Gasteiger partial charge in [0.2, 0.25) is 11.7 Å². The molecule has 29 heavy (non-hydrogen) atoms. The SMILES string of the molecule is CCn1c(=O)n(CCC(=O)Nc2cc(OC)c(OC)c(OC)c2)c2ccccc21. The van der Waals surface area contributed by atoms with Gasteiger partial charge in [0.15, 0.2) is 11.5 Å². The summed E-state index contributed by atoms with van der Waals surface area (Å²) in [6.45, 7) is 2.78. The molecule has 0 radical (unpaired) electrons. The number of carbonyl (C=O) groups excluding carboxylic acids is 1. The van der Waals surface area contributed by atoms with Crippen LogP contribution in [0.5, 0.6) is 17.2 Å². The van der Waals surface area contributed by atoms with Gasteiger partial charge in [-0.05, 0) is 19.1 Å². The summed E-state index contributed by atoms with van der Waals surface area (Å²) < 4.78 is 19.2. The number of fused-ring (bicyclic) bond motifs is 1. The Hall–Kier alpha value is -3.42. The zero-order chi connectivity index (χ0) is 21.0. The standard InChI is InChI=1S/C21H25N3O5/c1-5-23-15-8-6-7-9-16(15)24(21(23)26)11-10-19(25)22-14-12-17(27-2)20(29-4)18(13-14)28-3/h6-9,12-13H,5,10-11H2,1-4H3,(H,22,25). The molecule has 0 unspecified atom stereocenters. The molecule has 1 amide bonds. The lowest BCUT2D eigenvalue weighted by Crippen LogP contribution is -2.25. The molecule has 0 fully saturated rings. The Morgan fingerprint density at radius 3 is 2.07 bits per heavy atom. The first-order chi connectivity index (χ1) is 14.0. The number of methoxy groups -OCH3 is 3. The molecule has 0 spiro atoms. The first kappa shape index (κ1) is 20.3. The Labute approximate surface area is 168 Å². The van der Waals surface area contributed by atoms with E-state index in [4.69, 9.17) is 14.2 Å². The quantitative estimate of drug-likeness (QED) is 0.630. The van der Waals surface area contributed by atoms with Crippen LogP contribution in [0, 0.1) is 0 Å². The second-order valence-corrected chi connectivity index (χ2v) is 6.38. The molecule has 0 saturated heterocycles. The minimum absolute atomic E-state index is 0.116. The maximum absolute atomic E-state index is 12.7. The van der Waals surface area contributed by atoms with E-state index in [9.17, 15) is 9.59 Å². The second kappa shape index (κ2) is 8.72. The Bertz CT molecular complexity index is 1060. The predicted octanol–water partition coefficient (Wildman–Crippen LogP) is 2.88. The molecule has 1 aromatic heterocycles. The summed E-state index contributed by atoms with van der Waals surface area (Å²) in [7, 11) is 4.54. The molecule has 1 N–H and O–H groups in total. The summed E-state index contributed by atoms with van der Waals surface area (Å²) in [6.07, 6.45) is 0.147. The number of carbonyl (C=O) groups is 1. The van der Waals surface area contributed by atoms with Crippen molar-refractivity contribution in [3.63, 3.8) is 0 Å². The molecule has 0 atom stereocenters. The number of anilines is 1. The number of para-hydroxylation sites is 2. The number of imidazole rings is 1. The van der Waals surface area contributed by atoms with Gasteiger partial charge in [-0.1, -0.05) is 12.1 Å². The minimum atomic E-state index is -0.223. The fourth-order valence-corrected chi connectivity index (χ4v) is 3.38. The number of hydrogen-bond donors (Lipinski definition) is 1. The zero-order valence-corrected chi connectivity index (χ0v) is 17.0. The van der Waals surface area contributed by atoms with E-state index in [1.807, 2.05) is 31.2 Å². The Morgan fingerprint density at radius 2 is 1.55 bits per heavy atom. The molecule has 0 bridgehead atoms. The number of ether oxygens (including phenoxy) is 3. The monoisotopic (exact) mass is 399 g/mol. The lowest BCUT2D eigenvalue weighted by Gasteiger charge is -2.14. The molecule has 0 aliphatic carbocycles. The zero-order valence-electron chi connectivity index (χ0n) is 17.0. The van der Waals surface area contributed by atoms with Gasteiger partial charge in [-0.15, -0.1) is 0 Å². The van der Waals surface area contributed by atoms with E-state index in [0.717, 1.165) is 11.0 Å². The maximum Gasteiger partial charge on any atom is 0.329 e. The van der Waals surface area contributed by atoms with Gasteiger partial charge in [0, 0.05) is 37.3 Å². The van der Waals surface area contributed by atoms with Crippen molar-refractivity contribution >= 4 is 22.6 Å². The van der Waals surface area contributed by atoms with Crippen LogP contribution < -0.4 is 25.2 Å². The highest BCUT2D eigenvalue weighted by Crippen LogP contribution is 2.39. The Kier molecular flexibility index (Phi) is 6.11. The van der Waals surface area contributed by atoms with Gasteiger partial charge in [-0.25, -0.2) is 4.79 Å². The van der Waals surface area contributed by atoms with E-state index in [2.05, 4.69) is 5.32 Å². The van der Waals surface area contributed by atoms with Crippen molar-refractivity contribution in [2.24, 2.45) is 0 Å². The second-order valence-electron chi connectivity index (χ2n) is 6.38. The van der Waals surface area contributed by atoms with Crippen LogP contribution in [-0.4, -0.2) is 36.4 Å². The molecule has 3 rings (SSSR count). The first-order valence-corrected chi connectivity index (χ1v) is 9.31. The summed E-state index contributed by atoms with van der Waals surface area (Å²) in [5.74, 6) is 1.13. The van der Waals surface area contributed by atoms with Crippen LogP contribution in [0.3, 0.4) is 0 Å². The number of rotatable bonds is 8. The molecule has 2 aromatic carbocycles. The van der Waals surface area contributed by atoms with Crippen LogP contribution >= 0.6 is 0 Å². The third-order valence-corrected chi connectivity index (χ3v) is 4.75. The van der Waals surface area contributed by atoms with E-state index in [-0.39, 0.29) is 24.6 Å². The Balaban J connectivity index is 1.79. The molecule has 154 valence electrons. The molecule has 0 aliphatic rings. The van der Waals surface area contributed by atoms with E-state index in [1.54, 1.807) is 21.3 Å². The van der Waals surface area contributed by atoms with E-state index >= 15 is 0 Å². The fraction of sp³-hybridized carbons (Fsp3) is 0.333. The third kappa shape index (κ3) is 3.91. The van der Waals surface area contributed by atoms with Crippen LogP contribution in [-0.2, 0) is 17.9 Å². The van der Waals surface area contributed by atoms with Crippen molar-refractivity contribution in [3.8, 4) is 17.2 Å². The minimum Gasteiger partial charge on any atom is -0.493 e. The fourth-order valence-electron chi connectivity index (χ4n) is 3.38. The van der Waals surface area contributed by atoms with Gasteiger partial charge >= 0.3 is 5.69 Å². The Morgan fingerprint density at radius 1 is 0.966 bits per heavy atom. The molecular weight excluding hydrogens is 374 g/mol. The van der Waals surface area contributed by atoms with Crippen LogP contribution in [0.1, 0.15) is 13.3 Å². The summed E-state index contributed by atoms with van der Waals surface area (Å²) >= 11 is 0. The van der Waals surface area contributed by atoms with Crippen LogP contribution in [0.25, 0.3) is 11.0 Å². The van der Waals surface area contributed by atoms with E-state index < -0.39 is 0 Å². The van der Waals surface area contributed by atoms with E-state index in [0.29, 0.717) is 29.5 Å². The summed E-state index contributed by atoms with van der Waals surface area (Å²) in [5, 5.41) is 2.82. The highest BCUT2D eigenvalue weighted by Gasteiger charge is 2.16. The van der Waals surface area contributed by atoms with Gasteiger partial charge in [0.05, 0.1) is 32.4 Å². The molecule has 8 heteroatoms. The van der Waals surface area contributed by atoms with Gasteiger partial charge in [-0.2, -0.15) is 0 Å². The van der Waals surface area contributed by atoms with Crippen molar-refractivity contribution < 1.29 is 19.0 Å². The van der Waals surface area contributed by atoms with Crippen molar-refractivity contribution in [1.29, 1.82) is 0 Å². The number of amides is 1. The van der Waals surface area contributed by atoms with Gasteiger partial charge in [0.25, 0.3) is 0 Å². The molecular formula is C21H25N3O5. The maximum atomic E-state index is 12.7. The smallest absolute Gasteiger partial charge is 0.329 e. The lowest BCUT2D eigenvalue weighted by molar-refractivity contribution is -0.116. The number of benzene rings is 2. The highest BCUT2D eigenvalue weighted by molar-refractivity contribution is 5.91. The third-order valence-electron chi connectivity index (χ3n) is 4.75. The molecule has 8 nitrogen and oxygen atoms in total. The molecule has 0 aliphatic heterocycles. The topological polar surface area (TPSA) is 83.7 Å². The molecule has 3 aromatic rings. The molecule has 1 heterocycles.